The average molecular weight is 182 g/mol. The van der Waals surface area contributed by atoms with E-state index in [2.05, 4.69) is 16.0 Å². The summed E-state index contributed by atoms with van der Waals surface area (Å²) in [5.74, 6) is 0. The summed E-state index contributed by atoms with van der Waals surface area (Å²) in [6, 6.07) is 7.58. The number of fused-ring (bicyclic) bond motifs is 1. The van der Waals surface area contributed by atoms with Gasteiger partial charge >= 0.3 is 0 Å². The number of hydrogen-bond donors (Lipinski definition) is 1. The van der Waals surface area contributed by atoms with Gasteiger partial charge in [0.2, 0.25) is 0 Å². The first-order chi connectivity index (χ1) is 6.85. The molecule has 4 nitrogen and oxygen atoms in total. The number of nitriles is 2. The standard InChI is InChI=1S/C10H6N4/c11-2-1-7-3-9-10(14-6-13-9)4-8(7)5-12/h3-4,6H,1H2,(H,13,14). The van der Waals surface area contributed by atoms with Crippen molar-refractivity contribution in [2.24, 2.45) is 0 Å². The topological polar surface area (TPSA) is 76.3 Å². The van der Waals surface area contributed by atoms with E-state index in [1.54, 1.807) is 18.5 Å². The van der Waals surface area contributed by atoms with Crippen LogP contribution in [0.3, 0.4) is 0 Å². The molecular formula is C10H6N4. The second-order valence-electron chi connectivity index (χ2n) is 2.88. The maximum atomic E-state index is 8.84. The van der Waals surface area contributed by atoms with Crippen LogP contribution in [0.4, 0.5) is 0 Å². The Kier molecular flexibility index (Phi) is 1.89. The first kappa shape index (κ1) is 8.28. The highest BCUT2D eigenvalue weighted by molar-refractivity contribution is 5.77. The van der Waals surface area contributed by atoms with Crippen molar-refractivity contribution < 1.29 is 0 Å². The van der Waals surface area contributed by atoms with E-state index in [4.69, 9.17) is 10.5 Å². The molecule has 0 atom stereocenters. The minimum atomic E-state index is 0.248. The summed E-state index contributed by atoms with van der Waals surface area (Å²) in [6.07, 6.45) is 1.82. The summed E-state index contributed by atoms with van der Waals surface area (Å²) in [7, 11) is 0. The van der Waals surface area contributed by atoms with Crippen LogP contribution in [0.1, 0.15) is 11.1 Å². The Balaban J connectivity index is 2.69. The number of aromatic nitrogens is 2. The molecule has 1 heterocycles. The van der Waals surface area contributed by atoms with E-state index in [-0.39, 0.29) is 6.42 Å². The molecule has 0 saturated carbocycles. The predicted molar refractivity (Wildman–Crippen MR) is 50.1 cm³/mol. The number of aromatic amines is 1. The van der Waals surface area contributed by atoms with Crippen LogP contribution in [0, 0.1) is 22.7 Å². The first-order valence-electron chi connectivity index (χ1n) is 4.08. The molecular weight excluding hydrogens is 176 g/mol. The van der Waals surface area contributed by atoms with E-state index in [1.807, 2.05) is 6.07 Å². The van der Waals surface area contributed by atoms with Crippen LogP contribution < -0.4 is 0 Å². The molecule has 1 aromatic heterocycles. The monoisotopic (exact) mass is 182 g/mol. The Labute approximate surface area is 80.4 Å². The molecule has 1 N–H and O–H groups in total. The van der Waals surface area contributed by atoms with Gasteiger partial charge in [-0.3, -0.25) is 0 Å². The van der Waals surface area contributed by atoms with Crippen LogP contribution in [0.2, 0.25) is 0 Å². The van der Waals surface area contributed by atoms with Gasteiger partial charge < -0.3 is 4.98 Å². The molecule has 0 aliphatic heterocycles. The van der Waals surface area contributed by atoms with Gasteiger partial charge in [0.05, 0.1) is 41.5 Å². The van der Waals surface area contributed by atoms with Gasteiger partial charge in [0.1, 0.15) is 0 Å². The number of rotatable bonds is 1. The van der Waals surface area contributed by atoms with Gasteiger partial charge in [-0.05, 0) is 17.7 Å². The van der Waals surface area contributed by atoms with E-state index < -0.39 is 0 Å². The number of nitrogens with zero attached hydrogens (tertiary/aromatic N) is 3. The molecule has 0 aliphatic rings. The molecule has 0 unspecified atom stereocenters. The minimum absolute atomic E-state index is 0.248. The summed E-state index contributed by atoms with van der Waals surface area (Å²) in [4.78, 5) is 6.98. The first-order valence-corrected chi connectivity index (χ1v) is 4.08. The number of nitrogens with one attached hydrogen (secondary N) is 1. The van der Waals surface area contributed by atoms with Crippen molar-refractivity contribution in [2.45, 2.75) is 6.42 Å². The number of imidazole rings is 1. The van der Waals surface area contributed by atoms with E-state index in [9.17, 15) is 0 Å². The van der Waals surface area contributed by atoms with Gasteiger partial charge in [-0.15, -0.1) is 0 Å². The summed E-state index contributed by atoms with van der Waals surface area (Å²) >= 11 is 0. The number of H-pyrrole nitrogens is 1. The summed E-state index contributed by atoms with van der Waals surface area (Å²) in [5.41, 5.74) is 2.87. The molecule has 0 bridgehead atoms. The zero-order valence-electron chi connectivity index (χ0n) is 7.28. The molecule has 0 amide bonds. The highest BCUT2D eigenvalue weighted by Gasteiger charge is 2.05. The molecule has 4 heteroatoms. The molecule has 2 aromatic rings. The quantitative estimate of drug-likeness (QED) is 0.726. The van der Waals surface area contributed by atoms with Crippen molar-refractivity contribution in [3.63, 3.8) is 0 Å². The third kappa shape index (κ3) is 1.19. The second-order valence-corrected chi connectivity index (χ2v) is 2.88. The Morgan fingerprint density at radius 2 is 2.21 bits per heavy atom. The molecule has 2 rings (SSSR count). The van der Waals surface area contributed by atoms with E-state index in [1.165, 1.54) is 0 Å². The van der Waals surface area contributed by atoms with Gasteiger partial charge in [0, 0.05) is 0 Å². The predicted octanol–water partition coefficient (Wildman–Crippen LogP) is 1.50. The summed E-state index contributed by atoms with van der Waals surface area (Å²) in [5, 5.41) is 17.4. The van der Waals surface area contributed by atoms with E-state index in [0.717, 1.165) is 16.6 Å². The Morgan fingerprint density at radius 3 is 2.93 bits per heavy atom. The molecule has 66 valence electrons. The van der Waals surface area contributed by atoms with Gasteiger partial charge in [-0.1, -0.05) is 0 Å². The fourth-order valence-electron chi connectivity index (χ4n) is 1.36. The minimum Gasteiger partial charge on any atom is -0.345 e. The Morgan fingerprint density at radius 1 is 1.36 bits per heavy atom. The van der Waals surface area contributed by atoms with Crippen molar-refractivity contribution in [3.05, 3.63) is 29.6 Å². The van der Waals surface area contributed by atoms with Crippen LogP contribution in [0.5, 0.6) is 0 Å². The third-order valence-electron chi connectivity index (χ3n) is 2.04. The van der Waals surface area contributed by atoms with Crippen LogP contribution >= 0.6 is 0 Å². The van der Waals surface area contributed by atoms with Gasteiger partial charge in [0.25, 0.3) is 0 Å². The molecule has 14 heavy (non-hydrogen) atoms. The third-order valence-corrected chi connectivity index (χ3v) is 2.04. The summed E-state index contributed by atoms with van der Waals surface area (Å²) < 4.78 is 0. The smallest absolute Gasteiger partial charge is 0.0995 e. The second kappa shape index (κ2) is 3.20. The SMILES string of the molecule is N#CCc1cc2[nH]cnc2cc1C#N. The van der Waals surface area contributed by atoms with Crippen molar-refractivity contribution in [2.75, 3.05) is 0 Å². The zero-order chi connectivity index (χ0) is 9.97. The fraction of sp³-hybridized carbons (Fsp3) is 0.100. The molecule has 0 spiro atoms. The van der Waals surface area contributed by atoms with Crippen molar-refractivity contribution >= 4 is 11.0 Å². The fourth-order valence-corrected chi connectivity index (χ4v) is 1.36. The normalized spacial score (nSPS) is 9.57. The molecule has 0 aliphatic carbocycles. The van der Waals surface area contributed by atoms with Crippen molar-refractivity contribution in [3.8, 4) is 12.1 Å². The maximum Gasteiger partial charge on any atom is 0.0995 e. The van der Waals surface area contributed by atoms with Crippen molar-refractivity contribution in [1.29, 1.82) is 10.5 Å². The highest BCUT2D eigenvalue weighted by atomic mass is 14.9. The zero-order valence-corrected chi connectivity index (χ0v) is 7.28. The van der Waals surface area contributed by atoms with Crippen LogP contribution in [0.15, 0.2) is 18.5 Å². The molecule has 1 aromatic carbocycles. The van der Waals surface area contributed by atoms with Gasteiger partial charge in [-0.25, -0.2) is 4.98 Å². The Hall–Kier alpha value is -2.33. The van der Waals surface area contributed by atoms with Gasteiger partial charge in [0.15, 0.2) is 0 Å². The van der Waals surface area contributed by atoms with Crippen LogP contribution in [0.25, 0.3) is 11.0 Å². The van der Waals surface area contributed by atoms with Crippen LogP contribution in [-0.4, -0.2) is 9.97 Å². The lowest BCUT2D eigenvalue weighted by Crippen LogP contribution is -1.88. The lowest BCUT2D eigenvalue weighted by atomic mass is 10.1. The Bertz CT molecular complexity index is 553. The molecule has 0 fully saturated rings. The molecule has 0 radical (unpaired) electrons. The summed E-state index contributed by atoms with van der Waals surface area (Å²) in [6.45, 7) is 0. The lowest BCUT2D eigenvalue weighted by Gasteiger charge is -1.97. The average Bonchev–Trinajstić information content (AvgIpc) is 2.64. The van der Waals surface area contributed by atoms with Crippen LogP contribution in [-0.2, 0) is 6.42 Å². The van der Waals surface area contributed by atoms with E-state index in [0.29, 0.717) is 5.56 Å². The number of benzene rings is 1. The maximum absolute atomic E-state index is 8.84. The molecule has 0 saturated heterocycles. The van der Waals surface area contributed by atoms with Crippen molar-refractivity contribution in [1.82, 2.24) is 9.97 Å². The lowest BCUT2D eigenvalue weighted by molar-refractivity contribution is 1.25. The van der Waals surface area contributed by atoms with E-state index >= 15 is 0 Å². The van der Waals surface area contributed by atoms with Gasteiger partial charge in [-0.2, -0.15) is 10.5 Å². The number of hydrogen-bond acceptors (Lipinski definition) is 3. The largest absolute Gasteiger partial charge is 0.345 e. The highest BCUT2D eigenvalue weighted by Crippen LogP contribution is 2.16.